The van der Waals surface area contributed by atoms with E-state index in [9.17, 15) is 22.8 Å². The highest BCUT2D eigenvalue weighted by molar-refractivity contribution is 5.87. The third kappa shape index (κ3) is 3.55. The summed E-state index contributed by atoms with van der Waals surface area (Å²) in [5, 5.41) is 2.83. The van der Waals surface area contributed by atoms with E-state index < -0.39 is 11.7 Å². The van der Waals surface area contributed by atoms with Crippen molar-refractivity contribution >= 4 is 11.8 Å². The zero-order chi connectivity index (χ0) is 18.2. The van der Waals surface area contributed by atoms with Crippen molar-refractivity contribution < 1.29 is 22.8 Å². The van der Waals surface area contributed by atoms with Crippen LogP contribution in [0, 0.1) is 5.41 Å². The SMILES string of the molecule is C=CC(=O)NC1CN(C(=O)Cc2ccccc2C(F)(F)F)CC12CC2. The third-order valence-corrected chi connectivity index (χ3v) is 5.06. The first-order chi connectivity index (χ1) is 11.7. The molecule has 1 atom stereocenters. The van der Waals surface area contributed by atoms with Crippen LogP contribution < -0.4 is 5.32 Å². The minimum absolute atomic E-state index is 0.0246. The van der Waals surface area contributed by atoms with Crippen LogP contribution in [0.15, 0.2) is 36.9 Å². The van der Waals surface area contributed by atoms with E-state index in [4.69, 9.17) is 0 Å². The Labute approximate surface area is 143 Å². The molecule has 1 saturated heterocycles. The predicted octanol–water partition coefficient (Wildman–Crippen LogP) is 2.54. The molecule has 1 aromatic rings. The van der Waals surface area contributed by atoms with Gasteiger partial charge in [0.1, 0.15) is 0 Å². The smallest absolute Gasteiger partial charge is 0.347 e. The number of amides is 2. The Morgan fingerprint density at radius 3 is 2.60 bits per heavy atom. The highest BCUT2D eigenvalue weighted by Crippen LogP contribution is 2.52. The van der Waals surface area contributed by atoms with Crippen molar-refractivity contribution in [2.45, 2.75) is 31.5 Å². The van der Waals surface area contributed by atoms with E-state index in [1.807, 2.05) is 0 Å². The van der Waals surface area contributed by atoms with Crippen LogP contribution in [0.4, 0.5) is 13.2 Å². The van der Waals surface area contributed by atoms with Gasteiger partial charge in [-0.3, -0.25) is 9.59 Å². The quantitative estimate of drug-likeness (QED) is 0.847. The molecule has 2 aliphatic rings. The lowest BCUT2D eigenvalue weighted by atomic mass is 10.0. The summed E-state index contributed by atoms with van der Waals surface area (Å²) < 4.78 is 39.2. The molecule has 0 bridgehead atoms. The molecule has 0 aromatic heterocycles. The molecule has 25 heavy (non-hydrogen) atoms. The maximum absolute atomic E-state index is 13.1. The van der Waals surface area contributed by atoms with Crippen LogP contribution in [0.3, 0.4) is 0 Å². The van der Waals surface area contributed by atoms with Gasteiger partial charge in [0.2, 0.25) is 11.8 Å². The van der Waals surface area contributed by atoms with Crippen LogP contribution in [0.5, 0.6) is 0 Å². The van der Waals surface area contributed by atoms with Crippen LogP contribution >= 0.6 is 0 Å². The number of nitrogens with zero attached hydrogens (tertiary/aromatic N) is 1. The first-order valence-corrected chi connectivity index (χ1v) is 8.11. The molecule has 134 valence electrons. The lowest BCUT2D eigenvalue weighted by molar-refractivity contribution is -0.138. The summed E-state index contributed by atoms with van der Waals surface area (Å²) in [6, 6.07) is 4.96. The van der Waals surface area contributed by atoms with Gasteiger partial charge in [-0.2, -0.15) is 13.2 Å². The van der Waals surface area contributed by atoms with Gasteiger partial charge in [-0.25, -0.2) is 0 Å². The molecule has 2 amide bonds. The maximum Gasteiger partial charge on any atom is 0.416 e. The van der Waals surface area contributed by atoms with Crippen LogP contribution in [0.2, 0.25) is 0 Å². The monoisotopic (exact) mass is 352 g/mol. The molecule has 2 fully saturated rings. The molecule has 1 heterocycles. The number of carbonyl (C=O) groups is 2. The second-order valence-corrected chi connectivity index (χ2v) is 6.73. The standard InChI is InChI=1S/C18H19F3N2O2/c1-2-15(24)22-14-10-23(11-17(14)7-8-17)16(25)9-12-5-3-4-6-13(12)18(19,20)21/h2-6,14H,1,7-11H2,(H,22,24). The molecule has 4 nitrogen and oxygen atoms in total. The molecular weight excluding hydrogens is 333 g/mol. The van der Waals surface area contributed by atoms with Gasteiger partial charge in [-0.15, -0.1) is 0 Å². The van der Waals surface area contributed by atoms with Crippen LogP contribution in [0.25, 0.3) is 0 Å². The Balaban J connectivity index is 1.71. The second kappa shape index (κ2) is 6.20. The highest BCUT2D eigenvalue weighted by Gasteiger charge is 2.56. The average molecular weight is 352 g/mol. The van der Waals surface area contributed by atoms with E-state index in [2.05, 4.69) is 11.9 Å². The number of alkyl halides is 3. The maximum atomic E-state index is 13.1. The third-order valence-electron chi connectivity index (χ3n) is 5.06. The van der Waals surface area contributed by atoms with Gasteiger partial charge in [0.15, 0.2) is 0 Å². The van der Waals surface area contributed by atoms with E-state index in [0.29, 0.717) is 13.1 Å². The number of nitrogens with one attached hydrogen (secondary N) is 1. The predicted molar refractivity (Wildman–Crippen MR) is 85.5 cm³/mol. The van der Waals surface area contributed by atoms with Gasteiger partial charge in [-0.05, 0) is 30.5 Å². The Hall–Kier alpha value is -2.31. The molecular formula is C18H19F3N2O2. The van der Waals surface area contributed by atoms with Gasteiger partial charge in [0.05, 0.1) is 18.0 Å². The van der Waals surface area contributed by atoms with Crippen molar-refractivity contribution in [1.82, 2.24) is 10.2 Å². The Bertz CT molecular complexity index is 711. The van der Waals surface area contributed by atoms with Crippen molar-refractivity contribution in [3.63, 3.8) is 0 Å². The molecule has 1 aromatic carbocycles. The Morgan fingerprint density at radius 1 is 1.32 bits per heavy atom. The summed E-state index contributed by atoms with van der Waals surface area (Å²) in [5.74, 6) is -0.647. The second-order valence-electron chi connectivity index (χ2n) is 6.73. The molecule has 1 aliphatic carbocycles. The van der Waals surface area contributed by atoms with E-state index in [0.717, 1.165) is 18.9 Å². The number of halogens is 3. The largest absolute Gasteiger partial charge is 0.416 e. The first kappa shape index (κ1) is 17.5. The van der Waals surface area contributed by atoms with E-state index in [1.54, 1.807) is 4.90 Å². The zero-order valence-corrected chi connectivity index (χ0v) is 13.6. The van der Waals surface area contributed by atoms with Gasteiger partial charge in [-0.1, -0.05) is 24.8 Å². The van der Waals surface area contributed by atoms with Gasteiger partial charge < -0.3 is 10.2 Å². The van der Waals surface area contributed by atoms with Gasteiger partial charge >= 0.3 is 6.18 Å². The molecule has 1 spiro atoms. The summed E-state index contributed by atoms with van der Waals surface area (Å²) in [6.07, 6.45) is -1.80. The number of rotatable bonds is 4. The minimum Gasteiger partial charge on any atom is -0.347 e. The van der Waals surface area contributed by atoms with E-state index in [1.165, 1.54) is 24.3 Å². The fourth-order valence-electron chi connectivity index (χ4n) is 3.48. The van der Waals surface area contributed by atoms with Crippen LogP contribution in [0.1, 0.15) is 24.0 Å². The minimum atomic E-state index is -4.49. The number of carbonyl (C=O) groups excluding carboxylic acids is 2. The lowest BCUT2D eigenvalue weighted by Gasteiger charge is -2.18. The average Bonchev–Trinajstić information content (AvgIpc) is 3.24. The molecule has 1 unspecified atom stereocenters. The summed E-state index contributed by atoms with van der Waals surface area (Å²) in [7, 11) is 0. The van der Waals surface area contributed by atoms with Crippen molar-refractivity contribution in [1.29, 1.82) is 0 Å². The van der Waals surface area contributed by atoms with Crippen LogP contribution in [-0.2, 0) is 22.2 Å². The number of hydrogen-bond acceptors (Lipinski definition) is 2. The molecule has 1 N–H and O–H groups in total. The number of likely N-dealkylation sites (tertiary alicyclic amines) is 1. The number of benzene rings is 1. The van der Waals surface area contributed by atoms with Gasteiger partial charge in [0, 0.05) is 18.5 Å². The molecule has 0 radical (unpaired) electrons. The highest BCUT2D eigenvalue weighted by atomic mass is 19.4. The normalized spacial score (nSPS) is 21.2. The zero-order valence-electron chi connectivity index (χ0n) is 13.6. The molecule has 3 rings (SSSR count). The topological polar surface area (TPSA) is 49.4 Å². The van der Waals surface area contributed by atoms with Crippen molar-refractivity contribution in [3.05, 3.63) is 48.0 Å². The van der Waals surface area contributed by atoms with Crippen molar-refractivity contribution in [3.8, 4) is 0 Å². The van der Waals surface area contributed by atoms with Crippen molar-refractivity contribution in [2.75, 3.05) is 13.1 Å². The fraction of sp³-hybridized carbons (Fsp3) is 0.444. The molecule has 7 heteroatoms. The number of hydrogen-bond donors (Lipinski definition) is 1. The summed E-state index contributed by atoms with van der Waals surface area (Å²) in [5.41, 5.74) is -0.929. The molecule has 1 saturated carbocycles. The summed E-state index contributed by atoms with van der Waals surface area (Å²) in [6.45, 7) is 4.21. The fourth-order valence-corrected chi connectivity index (χ4v) is 3.48. The van der Waals surface area contributed by atoms with E-state index >= 15 is 0 Å². The van der Waals surface area contributed by atoms with Crippen LogP contribution in [-0.4, -0.2) is 35.8 Å². The summed E-state index contributed by atoms with van der Waals surface area (Å²) >= 11 is 0. The lowest BCUT2D eigenvalue weighted by Crippen LogP contribution is -2.41. The van der Waals surface area contributed by atoms with Crippen molar-refractivity contribution in [2.24, 2.45) is 5.41 Å². The molecule has 1 aliphatic heterocycles. The first-order valence-electron chi connectivity index (χ1n) is 8.11. The Morgan fingerprint density at radius 2 is 2.00 bits per heavy atom. The Kier molecular flexibility index (Phi) is 4.34. The summed E-state index contributed by atoms with van der Waals surface area (Å²) in [4.78, 5) is 25.6. The van der Waals surface area contributed by atoms with Gasteiger partial charge in [0.25, 0.3) is 0 Å². The van der Waals surface area contributed by atoms with E-state index in [-0.39, 0.29) is 35.3 Å².